The second-order valence-electron chi connectivity index (χ2n) is 5.22. The van der Waals surface area contributed by atoms with Gasteiger partial charge in [-0.2, -0.15) is 0 Å². The zero-order chi connectivity index (χ0) is 13.3. The SMILES string of the molecule is C#Cc1cccnc1N1CC2(CCCCC2)OC1=O. The molecule has 98 valence electrons. The van der Waals surface area contributed by atoms with Gasteiger partial charge >= 0.3 is 6.09 Å². The summed E-state index contributed by atoms with van der Waals surface area (Å²) in [5.74, 6) is 3.11. The van der Waals surface area contributed by atoms with Gasteiger partial charge in [0, 0.05) is 6.20 Å². The van der Waals surface area contributed by atoms with Crippen LogP contribution >= 0.6 is 0 Å². The molecule has 1 aromatic rings. The number of amides is 1. The Kier molecular flexibility index (Phi) is 2.90. The van der Waals surface area contributed by atoms with E-state index in [4.69, 9.17) is 11.2 Å². The number of ether oxygens (including phenoxy) is 1. The highest BCUT2D eigenvalue weighted by atomic mass is 16.6. The van der Waals surface area contributed by atoms with E-state index in [2.05, 4.69) is 10.9 Å². The lowest BCUT2D eigenvalue weighted by Gasteiger charge is -2.30. The Bertz CT molecular complexity index is 541. The number of pyridine rings is 1. The smallest absolute Gasteiger partial charge is 0.416 e. The summed E-state index contributed by atoms with van der Waals surface area (Å²) in [5, 5.41) is 0. The van der Waals surface area contributed by atoms with Crippen LogP contribution in [0.1, 0.15) is 37.7 Å². The standard InChI is InChI=1S/C15H16N2O2/c1-2-12-7-6-10-16-13(12)17-11-15(19-14(17)18)8-4-3-5-9-15/h1,6-7,10H,3-5,8-9,11H2. The summed E-state index contributed by atoms with van der Waals surface area (Å²) >= 11 is 0. The number of hydrogen-bond acceptors (Lipinski definition) is 3. The lowest BCUT2D eigenvalue weighted by Crippen LogP contribution is -2.36. The molecule has 3 rings (SSSR count). The number of terminal acetylenes is 1. The Labute approximate surface area is 112 Å². The minimum Gasteiger partial charge on any atom is -0.441 e. The molecule has 2 aliphatic rings. The summed E-state index contributed by atoms with van der Waals surface area (Å²) in [5.41, 5.74) is 0.311. The minimum atomic E-state index is -0.322. The van der Waals surface area contributed by atoms with Gasteiger partial charge in [-0.3, -0.25) is 4.90 Å². The van der Waals surface area contributed by atoms with Crippen molar-refractivity contribution in [3.05, 3.63) is 23.9 Å². The molecule has 1 saturated carbocycles. The van der Waals surface area contributed by atoms with Gasteiger partial charge in [-0.25, -0.2) is 9.78 Å². The Morgan fingerprint density at radius 2 is 2.16 bits per heavy atom. The van der Waals surface area contributed by atoms with Gasteiger partial charge in [0.2, 0.25) is 0 Å². The van der Waals surface area contributed by atoms with Crippen LogP contribution in [0.5, 0.6) is 0 Å². The lowest BCUT2D eigenvalue weighted by molar-refractivity contribution is 0.0260. The molecule has 1 aromatic heterocycles. The van der Waals surface area contributed by atoms with Crippen molar-refractivity contribution in [2.75, 3.05) is 11.4 Å². The van der Waals surface area contributed by atoms with Gasteiger partial charge < -0.3 is 4.74 Å². The molecule has 1 aliphatic carbocycles. The molecule has 0 N–H and O–H groups in total. The fourth-order valence-electron chi connectivity index (χ4n) is 2.97. The second-order valence-corrected chi connectivity index (χ2v) is 5.22. The first-order chi connectivity index (χ1) is 9.24. The third-order valence-electron chi connectivity index (χ3n) is 3.93. The summed E-state index contributed by atoms with van der Waals surface area (Å²) in [6, 6.07) is 3.57. The predicted octanol–water partition coefficient (Wildman–Crippen LogP) is 2.72. The number of hydrogen-bond donors (Lipinski definition) is 0. The van der Waals surface area contributed by atoms with Crippen LogP contribution in [-0.2, 0) is 4.74 Å². The molecule has 2 heterocycles. The molecular weight excluding hydrogens is 240 g/mol. The van der Waals surface area contributed by atoms with Crippen molar-refractivity contribution in [2.24, 2.45) is 0 Å². The largest absolute Gasteiger partial charge is 0.441 e. The summed E-state index contributed by atoms with van der Waals surface area (Å²) in [7, 11) is 0. The molecule has 0 bridgehead atoms. The number of anilines is 1. The fraction of sp³-hybridized carbons (Fsp3) is 0.467. The molecule has 19 heavy (non-hydrogen) atoms. The summed E-state index contributed by atoms with van der Waals surface area (Å²) < 4.78 is 5.63. The maximum absolute atomic E-state index is 12.1. The molecule has 1 saturated heterocycles. The highest BCUT2D eigenvalue weighted by molar-refractivity contribution is 5.90. The van der Waals surface area contributed by atoms with Crippen LogP contribution in [0.15, 0.2) is 18.3 Å². The molecule has 2 fully saturated rings. The topological polar surface area (TPSA) is 42.4 Å². The maximum Gasteiger partial charge on any atom is 0.416 e. The molecule has 0 aromatic carbocycles. The van der Waals surface area contributed by atoms with Gasteiger partial charge in [0.25, 0.3) is 0 Å². The second kappa shape index (κ2) is 4.58. The molecule has 0 atom stereocenters. The van der Waals surface area contributed by atoms with Gasteiger partial charge in [0.1, 0.15) is 5.60 Å². The highest BCUT2D eigenvalue weighted by Gasteiger charge is 2.46. The van der Waals surface area contributed by atoms with E-state index >= 15 is 0 Å². The number of carbonyl (C=O) groups excluding carboxylic acids is 1. The molecular formula is C15H16N2O2. The molecule has 1 aliphatic heterocycles. The molecule has 4 nitrogen and oxygen atoms in total. The molecule has 4 heteroatoms. The van der Waals surface area contributed by atoms with E-state index in [9.17, 15) is 4.79 Å². The van der Waals surface area contributed by atoms with Crippen molar-refractivity contribution in [2.45, 2.75) is 37.7 Å². The molecule has 0 radical (unpaired) electrons. The van der Waals surface area contributed by atoms with Crippen molar-refractivity contribution in [1.82, 2.24) is 4.98 Å². The van der Waals surface area contributed by atoms with Gasteiger partial charge in [-0.1, -0.05) is 12.3 Å². The average Bonchev–Trinajstić information content (AvgIpc) is 2.76. The third-order valence-corrected chi connectivity index (χ3v) is 3.93. The van der Waals surface area contributed by atoms with Gasteiger partial charge in [-0.15, -0.1) is 6.42 Å². The van der Waals surface area contributed by atoms with Gasteiger partial charge in [-0.05, 0) is 37.8 Å². The molecule has 1 spiro atoms. The first kappa shape index (κ1) is 12.0. The van der Waals surface area contributed by atoms with Crippen LogP contribution < -0.4 is 4.90 Å². The third kappa shape index (κ3) is 2.06. The van der Waals surface area contributed by atoms with Crippen LogP contribution in [0.25, 0.3) is 0 Å². The van der Waals surface area contributed by atoms with Crippen molar-refractivity contribution in [3.8, 4) is 12.3 Å². The molecule has 1 amide bonds. The van der Waals surface area contributed by atoms with Crippen molar-refractivity contribution < 1.29 is 9.53 Å². The van der Waals surface area contributed by atoms with E-state index in [0.717, 1.165) is 25.7 Å². The van der Waals surface area contributed by atoms with Gasteiger partial charge in [0.05, 0.1) is 12.1 Å². The number of rotatable bonds is 1. The molecule has 0 unspecified atom stereocenters. The van der Waals surface area contributed by atoms with Crippen LogP contribution in [0.3, 0.4) is 0 Å². The highest BCUT2D eigenvalue weighted by Crippen LogP contribution is 2.38. The predicted molar refractivity (Wildman–Crippen MR) is 71.8 cm³/mol. The summed E-state index contributed by atoms with van der Waals surface area (Å²) in [6.45, 7) is 0.567. The van der Waals surface area contributed by atoms with Crippen molar-refractivity contribution >= 4 is 11.9 Å². The van der Waals surface area contributed by atoms with E-state index in [1.54, 1.807) is 23.2 Å². The monoisotopic (exact) mass is 256 g/mol. The Hall–Kier alpha value is -2.02. The average molecular weight is 256 g/mol. The first-order valence-electron chi connectivity index (χ1n) is 6.66. The number of nitrogens with zero attached hydrogens (tertiary/aromatic N) is 2. The Morgan fingerprint density at radius 1 is 1.37 bits per heavy atom. The number of aromatic nitrogens is 1. The van der Waals surface area contributed by atoms with Crippen LogP contribution in [0.2, 0.25) is 0 Å². The zero-order valence-corrected chi connectivity index (χ0v) is 10.8. The number of carbonyl (C=O) groups is 1. The van der Waals surface area contributed by atoms with Crippen LogP contribution in [0.4, 0.5) is 10.6 Å². The van der Waals surface area contributed by atoms with Crippen LogP contribution in [0, 0.1) is 12.3 Å². The van der Waals surface area contributed by atoms with Crippen molar-refractivity contribution in [3.63, 3.8) is 0 Å². The van der Waals surface area contributed by atoms with Gasteiger partial charge in [0.15, 0.2) is 5.82 Å². The first-order valence-corrected chi connectivity index (χ1v) is 6.66. The van der Waals surface area contributed by atoms with E-state index in [1.807, 2.05) is 0 Å². The minimum absolute atomic E-state index is 0.321. The lowest BCUT2D eigenvalue weighted by atomic mass is 9.85. The maximum atomic E-state index is 12.1. The zero-order valence-electron chi connectivity index (χ0n) is 10.8. The summed E-state index contributed by atoms with van der Waals surface area (Å²) in [6.07, 6.45) is 12.1. The van der Waals surface area contributed by atoms with Crippen molar-refractivity contribution in [1.29, 1.82) is 0 Å². The summed E-state index contributed by atoms with van der Waals surface area (Å²) in [4.78, 5) is 17.9. The normalized spacial score (nSPS) is 21.2. The van der Waals surface area contributed by atoms with E-state index in [-0.39, 0.29) is 11.7 Å². The van der Waals surface area contributed by atoms with Crippen LogP contribution in [-0.4, -0.2) is 23.2 Å². The Balaban J connectivity index is 1.90. The van der Waals surface area contributed by atoms with E-state index in [1.165, 1.54) is 6.42 Å². The quantitative estimate of drug-likeness (QED) is 0.725. The van der Waals surface area contributed by atoms with E-state index < -0.39 is 0 Å². The van der Waals surface area contributed by atoms with E-state index in [0.29, 0.717) is 17.9 Å². The fourth-order valence-corrected chi connectivity index (χ4v) is 2.97. The Morgan fingerprint density at radius 3 is 2.89 bits per heavy atom.